The number of hydrogen-bond acceptors (Lipinski definition) is 3. The monoisotopic (exact) mass is 237 g/mol. The fourth-order valence-electron chi connectivity index (χ4n) is 2.32. The minimum atomic E-state index is -0.369. The molecule has 0 heterocycles. The van der Waals surface area contributed by atoms with Gasteiger partial charge in [0.15, 0.2) is 0 Å². The van der Waals surface area contributed by atoms with Crippen molar-refractivity contribution in [1.82, 2.24) is 10.2 Å². The van der Waals surface area contributed by atoms with E-state index in [2.05, 4.69) is 44.1 Å². The first kappa shape index (κ1) is 14.5. The first-order chi connectivity index (χ1) is 7.86. The number of nitrogens with one attached hydrogen (secondary N) is 1. The second kappa shape index (κ2) is 5.84. The molecule has 1 fully saturated rings. The van der Waals surface area contributed by atoms with Crippen LogP contribution in [0.4, 0.5) is 0 Å². The third-order valence-corrected chi connectivity index (χ3v) is 3.46. The maximum Gasteiger partial charge on any atom is 0.105 e. The molecule has 0 spiro atoms. The molecule has 1 saturated carbocycles. The molecule has 98 valence electrons. The first-order valence-electron chi connectivity index (χ1n) is 6.75. The molecular formula is C14H27N3. The average Bonchev–Trinajstić information content (AvgIpc) is 3.00. The van der Waals surface area contributed by atoms with Gasteiger partial charge in [-0.25, -0.2) is 0 Å². The summed E-state index contributed by atoms with van der Waals surface area (Å²) in [5, 5.41) is 12.8. The Labute approximate surface area is 106 Å². The van der Waals surface area contributed by atoms with Gasteiger partial charge in [-0.3, -0.25) is 5.32 Å². The Hall–Kier alpha value is -0.590. The van der Waals surface area contributed by atoms with Gasteiger partial charge in [-0.1, -0.05) is 13.8 Å². The summed E-state index contributed by atoms with van der Waals surface area (Å²) >= 11 is 0. The van der Waals surface area contributed by atoms with Crippen LogP contribution in [-0.2, 0) is 0 Å². The molecule has 0 aliphatic heterocycles. The van der Waals surface area contributed by atoms with Crippen molar-refractivity contribution in [3.8, 4) is 6.07 Å². The Kier molecular flexibility index (Phi) is 4.97. The van der Waals surface area contributed by atoms with Crippen LogP contribution in [0.5, 0.6) is 0 Å². The van der Waals surface area contributed by atoms with Gasteiger partial charge in [0.25, 0.3) is 0 Å². The lowest BCUT2D eigenvalue weighted by Crippen LogP contribution is -2.47. The molecule has 0 aromatic rings. The zero-order valence-electron chi connectivity index (χ0n) is 12.0. The lowest BCUT2D eigenvalue weighted by molar-refractivity contribution is 0.193. The molecule has 17 heavy (non-hydrogen) atoms. The van der Waals surface area contributed by atoms with Crippen molar-refractivity contribution in [2.45, 2.75) is 64.6 Å². The van der Waals surface area contributed by atoms with Gasteiger partial charge in [-0.15, -0.1) is 0 Å². The van der Waals surface area contributed by atoms with E-state index in [4.69, 9.17) is 0 Å². The molecule has 3 heteroatoms. The average molecular weight is 237 g/mol. The Morgan fingerprint density at radius 1 is 1.41 bits per heavy atom. The van der Waals surface area contributed by atoms with E-state index in [0.29, 0.717) is 18.0 Å². The van der Waals surface area contributed by atoms with Gasteiger partial charge in [0.2, 0.25) is 0 Å². The van der Waals surface area contributed by atoms with Gasteiger partial charge in [-0.2, -0.15) is 5.26 Å². The fourth-order valence-corrected chi connectivity index (χ4v) is 2.32. The predicted molar refractivity (Wildman–Crippen MR) is 71.7 cm³/mol. The number of rotatable bonds is 7. The van der Waals surface area contributed by atoms with Gasteiger partial charge in [-0.05, 0) is 46.1 Å². The van der Waals surface area contributed by atoms with Crippen molar-refractivity contribution in [2.75, 3.05) is 13.6 Å². The molecule has 0 radical (unpaired) electrons. The Balaban J connectivity index is 2.46. The molecule has 3 nitrogen and oxygen atoms in total. The Morgan fingerprint density at radius 3 is 2.41 bits per heavy atom. The molecule has 0 bridgehead atoms. The summed E-state index contributed by atoms with van der Waals surface area (Å²) in [4.78, 5) is 2.36. The van der Waals surface area contributed by atoms with E-state index in [-0.39, 0.29) is 5.54 Å². The van der Waals surface area contributed by atoms with Crippen LogP contribution in [0.1, 0.15) is 47.0 Å². The predicted octanol–water partition coefficient (Wildman–Crippen LogP) is 2.39. The summed E-state index contributed by atoms with van der Waals surface area (Å²) in [6.07, 6.45) is 3.35. The van der Waals surface area contributed by atoms with Gasteiger partial charge >= 0.3 is 0 Å². The highest BCUT2D eigenvalue weighted by Crippen LogP contribution is 2.25. The molecule has 2 atom stereocenters. The highest BCUT2D eigenvalue weighted by Gasteiger charge is 2.34. The summed E-state index contributed by atoms with van der Waals surface area (Å²) in [5.41, 5.74) is -0.369. The van der Waals surface area contributed by atoms with Crippen LogP contribution >= 0.6 is 0 Å². The third-order valence-electron chi connectivity index (χ3n) is 3.46. The van der Waals surface area contributed by atoms with Crippen molar-refractivity contribution in [3.05, 3.63) is 0 Å². The largest absolute Gasteiger partial charge is 0.303 e. The molecule has 0 amide bonds. The summed E-state index contributed by atoms with van der Waals surface area (Å²) in [7, 11) is 2.15. The normalized spacial score (nSPS) is 21.3. The van der Waals surface area contributed by atoms with Crippen molar-refractivity contribution in [2.24, 2.45) is 5.92 Å². The van der Waals surface area contributed by atoms with Gasteiger partial charge in [0, 0.05) is 18.6 Å². The highest BCUT2D eigenvalue weighted by atomic mass is 15.1. The summed E-state index contributed by atoms with van der Waals surface area (Å²) in [6.45, 7) is 9.80. The molecule has 1 N–H and O–H groups in total. The smallest absolute Gasteiger partial charge is 0.105 e. The zero-order chi connectivity index (χ0) is 13.1. The molecule has 0 aromatic carbocycles. The Morgan fingerprint density at radius 2 is 2.00 bits per heavy atom. The van der Waals surface area contributed by atoms with Crippen molar-refractivity contribution >= 4 is 0 Å². The van der Waals surface area contributed by atoms with Crippen molar-refractivity contribution in [3.63, 3.8) is 0 Å². The van der Waals surface area contributed by atoms with E-state index in [1.165, 1.54) is 12.8 Å². The molecule has 1 aliphatic rings. The number of nitrogens with zero attached hydrogens (tertiary/aromatic N) is 2. The second-order valence-electron chi connectivity index (χ2n) is 6.25. The van der Waals surface area contributed by atoms with E-state index < -0.39 is 0 Å². The Bertz CT molecular complexity index is 278. The molecule has 2 unspecified atom stereocenters. The fraction of sp³-hybridized carbons (Fsp3) is 0.929. The van der Waals surface area contributed by atoms with Crippen LogP contribution in [-0.4, -0.2) is 36.1 Å². The van der Waals surface area contributed by atoms with Crippen LogP contribution < -0.4 is 5.32 Å². The maximum atomic E-state index is 9.34. The minimum absolute atomic E-state index is 0.369. The van der Waals surface area contributed by atoms with Crippen LogP contribution in [0.25, 0.3) is 0 Å². The second-order valence-corrected chi connectivity index (χ2v) is 6.25. The van der Waals surface area contributed by atoms with E-state index in [0.717, 1.165) is 13.0 Å². The minimum Gasteiger partial charge on any atom is -0.303 e. The summed E-state index contributed by atoms with van der Waals surface area (Å²) in [6, 6.07) is 3.47. The van der Waals surface area contributed by atoms with Crippen LogP contribution in [0, 0.1) is 17.2 Å². The van der Waals surface area contributed by atoms with E-state index in [1.807, 2.05) is 6.92 Å². The lowest BCUT2D eigenvalue weighted by Gasteiger charge is -2.32. The number of hydrogen-bond donors (Lipinski definition) is 1. The maximum absolute atomic E-state index is 9.34. The topological polar surface area (TPSA) is 39.1 Å². The highest BCUT2D eigenvalue weighted by molar-refractivity contribution is 5.08. The van der Waals surface area contributed by atoms with E-state index >= 15 is 0 Å². The molecule has 0 saturated heterocycles. The molecular weight excluding hydrogens is 210 g/mol. The first-order valence-corrected chi connectivity index (χ1v) is 6.75. The standard InChI is InChI=1S/C14H27N3/c1-11(2)9-17(5)12(3)8-14(4,10-15)16-13-6-7-13/h11-13,16H,6-9H2,1-5H3. The summed E-state index contributed by atoms with van der Waals surface area (Å²) in [5.74, 6) is 0.673. The van der Waals surface area contributed by atoms with Crippen LogP contribution in [0.2, 0.25) is 0 Å². The van der Waals surface area contributed by atoms with E-state index in [9.17, 15) is 5.26 Å². The van der Waals surface area contributed by atoms with Crippen LogP contribution in [0.15, 0.2) is 0 Å². The van der Waals surface area contributed by atoms with Crippen molar-refractivity contribution < 1.29 is 0 Å². The summed E-state index contributed by atoms with van der Waals surface area (Å²) < 4.78 is 0. The zero-order valence-corrected chi connectivity index (χ0v) is 12.0. The number of nitriles is 1. The third kappa shape index (κ3) is 5.06. The van der Waals surface area contributed by atoms with Gasteiger partial charge in [0.05, 0.1) is 6.07 Å². The molecule has 0 aromatic heterocycles. The quantitative estimate of drug-likeness (QED) is 0.739. The van der Waals surface area contributed by atoms with Gasteiger partial charge < -0.3 is 4.90 Å². The molecule has 1 rings (SSSR count). The molecule has 1 aliphatic carbocycles. The lowest BCUT2D eigenvalue weighted by atomic mass is 9.94. The van der Waals surface area contributed by atoms with Crippen LogP contribution in [0.3, 0.4) is 0 Å². The van der Waals surface area contributed by atoms with E-state index in [1.54, 1.807) is 0 Å². The SMILES string of the molecule is CC(C)CN(C)C(C)CC(C)(C#N)NC1CC1. The van der Waals surface area contributed by atoms with Crippen molar-refractivity contribution in [1.29, 1.82) is 5.26 Å². The van der Waals surface area contributed by atoms with Gasteiger partial charge in [0.1, 0.15) is 5.54 Å².